The van der Waals surface area contributed by atoms with Crippen molar-refractivity contribution in [2.75, 3.05) is 5.73 Å². The Labute approximate surface area is 118 Å². The molecule has 19 heavy (non-hydrogen) atoms. The zero-order chi connectivity index (χ0) is 13.2. The Bertz CT molecular complexity index is 725. The van der Waals surface area contributed by atoms with Crippen molar-refractivity contribution in [3.05, 3.63) is 52.9 Å². The van der Waals surface area contributed by atoms with Crippen molar-refractivity contribution in [3.63, 3.8) is 0 Å². The topological polar surface area (TPSA) is 65.4 Å². The molecule has 0 bridgehead atoms. The van der Waals surface area contributed by atoms with Crippen LogP contribution in [0.1, 0.15) is 5.82 Å². The van der Waals surface area contributed by atoms with Gasteiger partial charge < -0.3 is 10.5 Å². The molecule has 0 saturated heterocycles. The molecular weight excluding hydrogens is 308 g/mol. The van der Waals surface area contributed by atoms with Crippen LogP contribution in [0.15, 0.2) is 47.1 Å². The number of rotatable bonds is 3. The van der Waals surface area contributed by atoms with Gasteiger partial charge >= 0.3 is 0 Å². The normalized spacial score (nSPS) is 10.8. The molecule has 2 N–H and O–H groups in total. The van der Waals surface area contributed by atoms with E-state index in [9.17, 15) is 0 Å². The number of pyridine rings is 1. The van der Waals surface area contributed by atoms with E-state index in [1.807, 2.05) is 40.9 Å². The number of ether oxygens (including phenoxy) is 1. The van der Waals surface area contributed by atoms with E-state index in [-0.39, 0.29) is 0 Å². The van der Waals surface area contributed by atoms with Gasteiger partial charge in [-0.05, 0) is 30.3 Å². The monoisotopic (exact) mass is 318 g/mol. The fourth-order valence-electron chi connectivity index (χ4n) is 1.79. The highest BCUT2D eigenvalue weighted by atomic mass is 79.9. The van der Waals surface area contributed by atoms with Gasteiger partial charge in [-0.15, -0.1) is 10.2 Å². The Hall–Kier alpha value is -2.08. The standard InChI is InChI=1S/C13H11BrN4O/c14-9-3-1-4-10(7-9)19-8-12-16-17-13-11(15)5-2-6-18(12)13/h1-7H,8,15H2. The van der Waals surface area contributed by atoms with E-state index in [1.54, 1.807) is 6.07 Å². The maximum Gasteiger partial charge on any atom is 0.184 e. The molecule has 0 amide bonds. The third kappa shape index (κ3) is 2.39. The number of nitrogens with zero attached hydrogens (tertiary/aromatic N) is 3. The summed E-state index contributed by atoms with van der Waals surface area (Å²) in [7, 11) is 0. The van der Waals surface area contributed by atoms with Crippen molar-refractivity contribution in [1.29, 1.82) is 0 Å². The maximum absolute atomic E-state index is 5.83. The molecule has 2 heterocycles. The lowest BCUT2D eigenvalue weighted by atomic mass is 10.3. The van der Waals surface area contributed by atoms with Gasteiger partial charge in [0.25, 0.3) is 0 Å². The van der Waals surface area contributed by atoms with E-state index in [0.717, 1.165) is 10.2 Å². The number of halogens is 1. The molecule has 0 fully saturated rings. The Morgan fingerprint density at radius 2 is 2.11 bits per heavy atom. The van der Waals surface area contributed by atoms with E-state index in [1.165, 1.54) is 0 Å². The van der Waals surface area contributed by atoms with E-state index in [4.69, 9.17) is 10.5 Å². The summed E-state index contributed by atoms with van der Waals surface area (Å²) in [6, 6.07) is 11.3. The van der Waals surface area contributed by atoms with E-state index < -0.39 is 0 Å². The summed E-state index contributed by atoms with van der Waals surface area (Å²) in [6.07, 6.45) is 1.87. The van der Waals surface area contributed by atoms with Crippen LogP contribution >= 0.6 is 15.9 Å². The lowest BCUT2D eigenvalue weighted by Gasteiger charge is -2.05. The lowest BCUT2D eigenvalue weighted by molar-refractivity contribution is 0.294. The summed E-state index contributed by atoms with van der Waals surface area (Å²) in [4.78, 5) is 0. The Balaban J connectivity index is 1.84. The predicted octanol–water partition coefficient (Wildman–Crippen LogP) is 2.65. The molecular formula is C13H11BrN4O. The summed E-state index contributed by atoms with van der Waals surface area (Å²) in [5, 5.41) is 8.14. The van der Waals surface area contributed by atoms with Gasteiger partial charge in [0.15, 0.2) is 11.5 Å². The molecule has 0 aliphatic carbocycles. The molecule has 0 spiro atoms. The van der Waals surface area contributed by atoms with Gasteiger partial charge in [-0.25, -0.2) is 0 Å². The smallest absolute Gasteiger partial charge is 0.184 e. The van der Waals surface area contributed by atoms with Crippen LogP contribution in [-0.2, 0) is 6.61 Å². The van der Waals surface area contributed by atoms with Gasteiger partial charge in [-0.2, -0.15) is 0 Å². The molecule has 0 unspecified atom stereocenters. The molecule has 3 aromatic rings. The van der Waals surface area contributed by atoms with Crippen molar-refractivity contribution >= 4 is 27.3 Å². The second kappa shape index (κ2) is 4.89. The maximum atomic E-state index is 5.83. The predicted molar refractivity (Wildman–Crippen MR) is 75.9 cm³/mol. The first kappa shape index (κ1) is 12.0. The van der Waals surface area contributed by atoms with Crippen molar-refractivity contribution in [3.8, 4) is 5.75 Å². The molecule has 0 aliphatic rings. The molecule has 0 aliphatic heterocycles. The largest absolute Gasteiger partial charge is 0.486 e. The van der Waals surface area contributed by atoms with Crippen LogP contribution in [0.5, 0.6) is 5.75 Å². The molecule has 0 saturated carbocycles. The fraction of sp³-hybridized carbons (Fsp3) is 0.0769. The number of nitrogen functional groups attached to an aromatic ring is 1. The first-order chi connectivity index (χ1) is 9.24. The number of nitrogens with two attached hydrogens (primary N) is 1. The minimum atomic E-state index is 0.334. The summed E-state index contributed by atoms with van der Waals surface area (Å²) >= 11 is 3.40. The van der Waals surface area contributed by atoms with Gasteiger partial charge in [0.2, 0.25) is 0 Å². The SMILES string of the molecule is Nc1cccn2c(COc3cccc(Br)c3)nnc12. The second-order valence-corrected chi connectivity index (χ2v) is 4.94. The third-order valence-corrected chi connectivity index (χ3v) is 3.19. The minimum Gasteiger partial charge on any atom is -0.486 e. The van der Waals surface area contributed by atoms with E-state index in [0.29, 0.717) is 23.8 Å². The van der Waals surface area contributed by atoms with Crippen LogP contribution < -0.4 is 10.5 Å². The van der Waals surface area contributed by atoms with Gasteiger partial charge in [-0.1, -0.05) is 22.0 Å². The van der Waals surface area contributed by atoms with Gasteiger partial charge in [0, 0.05) is 10.7 Å². The number of fused-ring (bicyclic) bond motifs is 1. The van der Waals surface area contributed by atoms with Gasteiger partial charge in [-0.3, -0.25) is 4.40 Å². The number of anilines is 1. The highest BCUT2D eigenvalue weighted by Crippen LogP contribution is 2.19. The van der Waals surface area contributed by atoms with Crippen LogP contribution in [-0.4, -0.2) is 14.6 Å². The average Bonchev–Trinajstić information content (AvgIpc) is 2.81. The average molecular weight is 319 g/mol. The number of aromatic nitrogens is 3. The Morgan fingerprint density at radius 1 is 1.21 bits per heavy atom. The minimum absolute atomic E-state index is 0.334. The van der Waals surface area contributed by atoms with Crippen LogP contribution in [0.2, 0.25) is 0 Å². The molecule has 3 rings (SSSR count). The highest BCUT2D eigenvalue weighted by Gasteiger charge is 2.07. The molecule has 2 aromatic heterocycles. The summed E-state index contributed by atoms with van der Waals surface area (Å²) < 4.78 is 8.48. The quantitative estimate of drug-likeness (QED) is 0.806. The van der Waals surface area contributed by atoms with Crippen molar-refractivity contribution < 1.29 is 4.74 Å². The van der Waals surface area contributed by atoms with E-state index >= 15 is 0 Å². The van der Waals surface area contributed by atoms with Crippen LogP contribution in [0, 0.1) is 0 Å². The number of hydrogen-bond donors (Lipinski definition) is 1. The van der Waals surface area contributed by atoms with Gasteiger partial charge in [0.05, 0.1) is 5.69 Å². The molecule has 96 valence electrons. The number of hydrogen-bond acceptors (Lipinski definition) is 4. The molecule has 5 nitrogen and oxygen atoms in total. The van der Waals surface area contributed by atoms with Crippen LogP contribution in [0.25, 0.3) is 5.65 Å². The highest BCUT2D eigenvalue weighted by molar-refractivity contribution is 9.10. The summed E-state index contributed by atoms with van der Waals surface area (Å²) in [6.45, 7) is 0.334. The van der Waals surface area contributed by atoms with Crippen molar-refractivity contribution in [1.82, 2.24) is 14.6 Å². The molecule has 0 atom stereocenters. The van der Waals surface area contributed by atoms with Gasteiger partial charge in [0.1, 0.15) is 12.4 Å². The fourth-order valence-corrected chi connectivity index (χ4v) is 2.17. The number of benzene rings is 1. The summed E-state index contributed by atoms with van der Waals surface area (Å²) in [5.74, 6) is 1.48. The zero-order valence-electron chi connectivity index (χ0n) is 9.95. The van der Waals surface area contributed by atoms with E-state index in [2.05, 4.69) is 26.1 Å². The third-order valence-electron chi connectivity index (χ3n) is 2.70. The van der Waals surface area contributed by atoms with Crippen molar-refractivity contribution in [2.24, 2.45) is 0 Å². The zero-order valence-corrected chi connectivity index (χ0v) is 11.5. The van der Waals surface area contributed by atoms with Crippen molar-refractivity contribution in [2.45, 2.75) is 6.61 Å². The lowest BCUT2D eigenvalue weighted by Crippen LogP contribution is -2.01. The van der Waals surface area contributed by atoms with Crippen LogP contribution in [0.3, 0.4) is 0 Å². The Kier molecular flexibility index (Phi) is 3.08. The first-order valence-electron chi connectivity index (χ1n) is 5.70. The first-order valence-corrected chi connectivity index (χ1v) is 6.50. The molecule has 1 aromatic carbocycles. The molecule has 6 heteroatoms. The molecule has 0 radical (unpaired) electrons. The summed E-state index contributed by atoms with van der Waals surface area (Å²) in [5.41, 5.74) is 7.08. The Morgan fingerprint density at radius 3 is 2.95 bits per heavy atom. The van der Waals surface area contributed by atoms with Crippen LogP contribution in [0.4, 0.5) is 5.69 Å². The second-order valence-electron chi connectivity index (χ2n) is 4.02.